The van der Waals surface area contributed by atoms with Crippen LogP contribution >= 0.6 is 0 Å². The molecule has 0 radical (unpaired) electrons. The van der Waals surface area contributed by atoms with Crippen LogP contribution in [-0.4, -0.2) is 20.7 Å². The minimum atomic E-state index is -0.107. The fourth-order valence-corrected chi connectivity index (χ4v) is 2.41. The average Bonchev–Trinajstić information content (AvgIpc) is 3.04. The van der Waals surface area contributed by atoms with E-state index in [4.69, 9.17) is 0 Å². The summed E-state index contributed by atoms with van der Waals surface area (Å²) in [6.45, 7) is 4.66. The first kappa shape index (κ1) is 15.0. The zero-order valence-electron chi connectivity index (χ0n) is 13.2. The molecule has 5 nitrogen and oxygen atoms in total. The van der Waals surface area contributed by atoms with Crippen molar-refractivity contribution < 1.29 is 4.79 Å². The van der Waals surface area contributed by atoms with Crippen molar-refractivity contribution in [3.63, 3.8) is 0 Å². The molecule has 0 unspecified atom stereocenters. The van der Waals surface area contributed by atoms with Crippen molar-refractivity contribution in [1.82, 2.24) is 14.8 Å². The maximum absolute atomic E-state index is 12.3. The van der Waals surface area contributed by atoms with Crippen LogP contribution in [0.3, 0.4) is 0 Å². The Labute approximate surface area is 135 Å². The van der Waals surface area contributed by atoms with Gasteiger partial charge in [0.05, 0.1) is 6.54 Å². The zero-order chi connectivity index (χ0) is 16.2. The molecule has 0 saturated heterocycles. The SMILES string of the molecule is Cc1ccc(NC(=O)c2ccc(Cn3cncn3)cc2)c(C)c1. The number of nitrogens with zero attached hydrogens (tertiary/aromatic N) is 3. The van der Waals surface area contributed by atoms with Gasteiger partial charge in [0.1, 0.15) is 12.7 Å². The van der Waals surface area contributed by atoms with E-state index in [0.29, 0.717) is 12.1 Å². The first-order chi connectivity index (χ1) is 11.1. The Balaban J connectivity index is 1.70. The summed E-state index contributed by atoms with van der Waals surface area (Å²) in [6.07, 6.45) is 3.17. The smallest absolute Gasteiger partial charge is 0.255 e. The molecule has 116 valence electrons. The number of aromatic nitrogens is 3. The average molecular weight is 306 g/mol. The summed E-state index contributed by atoms with van der Waals surface area (Å²) in [4.78, 5) is 16.3. The molecule has 1 N–H and O–H groups in total. The van der Waals surface area contributed by atoms with Gasteiger partial charge in [0.15, 0.2) is 0 Å². The molecule has 23 heavy (non-hydrogen) atoms. The van der Waals surface area contributed by atoms with Crippen molar-refractivity contribution in [3.8, 4) is 0 Å². The predicted octanol–water partition coefficient (Wildman–Crippen LogP) is 3.20. The third kappa shape index (κ3) is 3.63. The summed E-state index contributed by atoms with van der Waals surface area (Å²) >= 11 is 0. The van der Waals surface area contributed by atoms with E-state index in [1.165, 1.54) is 11.9 Å². The van der Waals surface area contributed by atoms with E-state index >= 15 is 0 Å². The Morgan fingerprint density at radius 2 is 1.91 bits per heavy atom. The van der Waals surface area contributed by atoms with Gasteiger partial charge in [-0.3, -0.25) is 4.79 Å². The first-order valence-corrected chi connectivity index (χ1v) is 7.42. The third-order valence-electron chi connectivity index (χ3n) is 3.66. The summed E-state index contributed by atoms with van der Waals surface area (Å²) < 4.78 is 1.74. The highest BCUT2D eigenvalue weighted by atomic mass is 16.1. The summed E-state index contributed by atoms with van der Waals surface area (Å²) in [7, 11) is 0. The Bertz CT molecular complexity index is 808. The molecule has 2 aromatic carbocycles. The van der Waals surface area contributed by atoms with Gasteiger partial charge >= 0.3 is 0 Å². The fraction of sp³-hybridized carbons (Fsp3) is 0.167. The van der Waals surface area contributed by atoms with Gasteiger partial charge in [-0.1, -0.05) is 29.8 Å². The summed E-state index contributed by atoms with van der Waals surface area (Å²) in [5.41, 5.74) is 4.78. The molecular formula is C18H18N4O. The number of anilines is 1. The molecule has 0 bridgehead atoms. The van der Waals surface area contributed by atoms with Gasteiger partial charge in [-0.05, 0) is 43.2 Å². The van der Waals surface area contributed by atoms with E-state index < -0.39 is 0 Å². The third-order valence-corrected chi connectivity index (χ3v) is 3.66. The van der Waals surface area contributed by atoms with Crippen LogP contribution in [0.15, 0.2) is 55.1 Å². The molecule has 5 heteroatoms. The van der Waals surface area contributed by atoms with Crippen LogP contribution in [0.25, 0.3) is 0 Å². The molecule has 0 atom stereocenters. The van der Waals surface area contributed by atoms with Crippen molar-refractivity contribution in [3.05, 3.63) is 77.4 Å². The van der Waals surface area contributed by atoms with Gasteiger partial charge in [-0.2, -0.15) is 5.10 Å². The quantitative estimate of drug-likeness (QED) is 0.805. The highest BCUT2D eigenvalue weighted by Gasteiger charge is 2.08. The van der Waals surface area contributed by atoms with Crippen LogP contribution in [0.1, 0.15) is 27.0 Å². The predicted molar refractivity (Wildman–Crippen MR) is 89.4 cm³/mol. The molecule has 0 aliphatic rings. The fourth-order valence-electron chi connectivity index (χ4n) is 2.41. The second-order valence-corrected chi connectivity index (χ2v) is 5.56. The highest BCUT2D eigenvalue weighted by Crippen LogP contribution is 2.17. The Kier molecular flexibility index (Phi) is 4.19. The molecule has 0 spiro atoms. The van der Waals surface area contributed by atoms with Gasteiger partial charge in [-0.15, -0.1) is 0 Å². The lowest BCUT2D eigenvalue weighted by Gasteiger charge is -2.09. The van der Waals surface area contributed by atoms with Gasteiger partial charge in [0.2, 0.25) is 0 Å². The summed E-state index contributed by atoms with van der Waals surface area (Å²) in [5, 5.41) is 7.02. The van der Waals surface area contributed by atoms with E-state index in [9.17, 15) is 4.79 Å². The molecule has 1 aromatic heterocycles. The molecular weight excluding hydrogens is 288 g/mol. The monoisotopic (exact) mass is 306 g/mol. The van der Waals surface area contributed by atoms with Crippen LogP contribution in [0, 0.1) is 13.8 Å². The zero-order valence-corrected chi connectivity index (χ0v) is 13.2. The largest absolute Gasteiger partial charge is 0.322 e. The molecule has 0 saturated carbocycles. The van der Waals surface area contributed by atoms with Gasteiger partial charge in [0.25, 0.3) is 5.91 Å². The maximum atomic E-state index is 12.3. The van der Waals surface area contributed by atoms with Crippen molar-refractivity contribution in [1.29, 1.82) is 0 Å². The van der Waals surface area contributed by atoms with Crippen LogP contribution < -0.4 is 5.32 Å². The number of aryl methyl sites for hydroxylation is 2. The highest BCUT2D eigenvalue weighted by molar-refractivity contribution is 6.04. The van der Waals surface area contributed by atoms with E-state index in [-0.39, 0.29) is 5.91 Å². The molecule has 0 fully saturated rings. The summed E-state index contributed by atoms with van der Waals surface area (Å²) in [6, 6.07) is 13.5. The molecule has 0 aliphatic carbocycles. The second-order valence-electron chi connectivity index (χ2n) is 5.56. The van der Waals surface area contributed by atoms with Gasteiger partial charge < -0.3 is 5.32 Å². The lowest BCUT2D eigenvalue weighted by Crippen LogP contribution is -2.13. The first-order valence-electron chi connectivity index (χ1n) is 7.42. The molecule has 3 aromatic rings. The summed E-state index contributed by atoms with van der Waals surface area (Å²) in [5.74, 6) is -0.107. The number of nitrogens with one attached hydrogen (secondary N) is 1. The maximum Gasteiger partial charge on any atom is 0.255 e. The van der Waals surface area contributed by atoms with E-state index in [0.717, 1.165) is 16.8 Å². The number of benzene rings is 2. The topological polar surface area (TPSA) is 59.8 Å². The molecule has 3 rings (SSSR count). The van der Waals surface area contributed by atoms with Crippen molar-refractivity contribution >= 4 is 11.6 Å². The normalized spacial score (nSPS) is 10.5. The number of carbonyl (C=O) groups excluding carboxylic acids is 1. The van der Waals surface area contributed by atoms with E-state index in [1.807, 2.05) is 50.2 Å². The Morgan fingerprint density at radius 3 is 2.57 bits per heavy atom. The minimum Gasteiger partial charge on any atom is -0.322 e. The number of hydrogen-bond acceptors (Lipinski definition) is 3. The lowest BCUT2D eigenvalue weighted by atomic mass is 10.1. The van der Waals surface area contributed by atoms with Crippen LogP contribution in [0.2, 0.25) is 0 Å². The van der Waals surface area contributed by atoms with Gasteiger partial charge in [-0.25, -0.2) is 9.67 Å². The van der Waals surface area contributed by atoms with Gasteiger partial charge in [0, 0.05) is 11.3 Å². The van der Waals surface area contributed by atoms with Crippen molar-refractivity contribution in [2.45, 2.75) is 20.4 Å². The lowest BCUT2D eigenvalue weighted by molar-refractivity contribution is 0.102. The van der Waals surface area contributed by atoms with Crippen LogP contribution in [-0.2, 0) is 6.54 Å². The second kappa shape index (κ2) is 6.44. The Morgan fingerprint density at radius 1 is 1.13 bits per heavy atom. The molecule has 1 heterocycles. The Hall–Kier alpha value is -2.95. The van der Waals surface area contributed by atoms with E-state index in [1.54, 1.807) is 11.0 Å². The minimum absolute atomic E-state index is 0.107. The number of rotatable bonds is 4. The van der Waals surface area contributed by atoms with Crippen molar-refractivity contribution in [2.24, 2.45) is 0 Å². The van der Waals surface area contributed by atoms with Crippen LogP contribution in [0.5, 0.6) is 0 Å². The molecule has 1 amide bonds. The van der Waals surface area contributed by atoms with Crippen LogP contribution in [0.4, 0.5) is 5.69 Å². The standard InChI is InChI=1S/C18H18N4O/c1-13-3-8-17(14(2)9-13)21-18(23)16-6-4-15(5-7-16)10-22-12-19-11-20-22/h3-9,11-12H,10H2,1-2H3,(H,21,23). The number of hydrogen-bond donors (Lipinski definition) is 1. The van der Waals surface area contributed by atoms with E-state index in [2.05, 4.69) is 21.5 Å². The van der Waals surface area contributed by atoms with Crippen molar-refractivity contribution in [2.75, 3.05) is 5.32 Å². The number of carbonyl (C=O) groups is 1. The molecule has 0 aliphatic heterocycles. The number of amides is 1.